The van der Waals surface area contributed by atoms with E-state index in [1.807, 2.05) is 0 Å². The molecule has 3 aliphatic heterocycles. The summed E-state index contributed by atoms with van der Waals surface area (Å²) >= 11 is 2.34. The van der Waals surface area contributed by atoms with Crippen LogP contribution in [0, 0.1) is 9.49 Å². The maximum absolute atomic E-state index is 6.26. The highest BCUT2D eigenvalue weighted by Gasteiger charge is 2.35. The van der Waals surface area contributed by atoms with Gasteiger partial charge in [-0.25, -0.2) is 0 Å². The summed E-state index contributed by atoms with van der Waals surface area (Å²) in [5.74, 6) is 1.76. The maximum Gasteiger partial charge on any atom is 0.119 e. The van der Waals surface area contributed by atoms with E-state index in [-0.39, 0.29) is 0 Å². The number of nitrogens with zero attached hydrogens (tertiary/aromatic N) is 1. The number of benzene rings is 2. The van der Waals surface area contributed by atoms with Crippen LogP contribution in [0.15, 0.2) is 48.5 Å². The first-order valence-electron chi connectivity index (χ1n) is 8.03. The van der Waals surface area contributed by atoms with Gasteiger partial charge in [0.2, 0.25) is 0 Å². The van der Waals surface area contributed by atoms with Crippen LogP contribution in [-0.2, 0) is 0 Å². The number of hydrogen-bond donors (Lipinski definition) is 0. The van der Waals surface area contributed by atoms with Crippen molar-refractivity contribution in [1.82, 2.24) is 4.90 Å². The smallest absolute Gasteiger partial charge is 0.119 e. The highest BCUT2D eigenvalue weighted by Crippen LogP contribution is 2.31. The average Bonchev–Trinajstić information content (AvgIpc) is 2.58. The lowest BCUT2D eigenvalue weighted by Crippen LogP contribution is -2.52. The van der Waals surface area contributed by atoms with Crippen molar-refractivity contribution in [1.29, 1.82) is 0 Å². The Hall–Kier alpha value is -1.07. The lowest BCUT2D eigenvalue weighted by atomic mass is 9.86. The highest BCUT2D eigenvalue weighted by atomic mass is 127. The molecule has 3 heteroatoms. The molecule has 0 aromatic heterocycles. The second-order valence-corrected chi connectivity index (χ2v) is 7.57. The molecule has 0 spiro atoms. The summed E-state index contributed by atoms with van der Waals surface area (Å²) < 4.78 is 7.52. The molecule has 3 saturated heterocycles. The minimum atomic E-state index is 0.381. The topological polar surface area (TPSA) is 12.5 Å². The Kier molecular flexibility index (Phi) is 4.09. The van der Waals surface area contributed by atoms with Crippen molar-refractivity contribution in [3.63, 3.8) is 0 Å². The Balaban J connectivity index is 1.46. The largest absolute Gasteiger partial charge is 0.489 e. The number of fused-ring (bicyclic) bond motifs is 3. The summed E-state index contributed by atoms with van der Waals surface area (Å²) in [7, 11) is 0. The Bertz CT molecular complexity index is 629. The van der Waals surface area contributed by atoms with Crippen molar-refractivity contribution in [3.8, 4) is 16.9 Å². The van der Waals surface area contributed by atoms with Crippen LogP contribution < -0.4 is 4.74 Å². The van der Waals surface area contributed by atoms with Crippen LogP contribution in [0.5, 0.6) is 5.75 Å². The van der Waals surface area contributed by atoms with E-state index in [9.17, 15) is 0 Å². The van der Waals surface area contributed by atoms with Crippen LogP contribution >= 0.6 is 22.6 Å². The molecule has 0 saturated carbocycles. The predicted molar refractivity (Wildman–Crippen MR) is 98.2 cm³/mol. The molecule has 3 aliphatic rings. The monoisotopic (exact) mass is 405 g/mol. The molecule has 0 N–H and O–H groups in total. The van der Waals surface area contributed by atoms with Gasteiger partial charge in [-0.15, -0.1) is 0 Å². The SMILES string of the molecule is Ic1ccc(-c2ccc(O[C@H]3CN4CCC3CC4)cc2)cc1. The summed E-state index contributed by atoms with van der Waals surface area (Å²) in [5, 5.41) is 0. The van der Waals surface area contributed by atoms with Crippen molar-refractivity contribution < 1.29 is 4.74 Å². The van der Waals surface area contributed by atoms with Gasteiger partial charge in [-0.05, 0) is 89.8 Å². The minimum absolute atomic E-state index is 0.381. The van der Waals surface area contributed by atoms with Gasteiger partial charge in [0.15, 0.2) is 0 Å². The Labute approximate surface area is 145 Å². The molecule has 0 radical (unpaired) electrons. The van der Waals surface area contributed by atoms with E-state index in [2.05, 4.69) is 76.0 Å². The number of rotatable bonds is 3. The average molecular weight is 405 g/mol. The quantitative estimate of drug-likeness (QED) is 0.701. The molecule has 0 unspecified atom stereocenters. The van der Waals surface area contributed by atoms with E-state index in [1.165, 1.54) is 40.6 Å². The van der Waals surface area contributed by atoms with Crippen LogP contribution in [0.2, 0.25) is 0 Å². The van der Waals surface area contributed by atoms with Crippen molar-refractivity contribution in [2.45, 2.75) is 18.9 Å². The summed E-state index contributed by atoms with van der Waals surface area (Å²) in [4.78, 5) is 2.53. The minimum Gasteiger partial charge on any atom is -0.489 e. The lowest BCUT2D eigenvalue weighted by Gasteiger charge is -2.44. The fraction of sp³-hybridized carbons (Fsp3) is 0.368. The van der Waals surface area contributed by atoms with Gasteiger partial charge in [0.1, 0.15) is 11.9 Å². The zero-order chi connectivity index (χ0) is 14.9. The van der Waals surface area contributed by atoms with Gasteiger partial charge in [0.05, 0.1) is 0 Å². The molecular formula is C19H20INO. The molecule has 3 fully saturated rings. The molecule has 2 bridgehead atoms. The first-order chi connectivity index (χ1) is 10.8. The zero-order valence-electron chi connectivity index (χ0n) is 12.5. The summed E-state index contributed by atoms with van der Waals surface area (Å²) in [6, 6.07) is 17.2. The Morgan fingerprint density at radius 3 is 2.00 bits per heavy atom. The lowest BCUT2D eigenvalue weighted by molar-refractivity contribution is -0.00775. The normalized spacial score (nSPS) is 26.9. The van der Waals surface area contributed by atoms with Crippen LogP contribution in [0.1, 0.15) is 12.8 Å². The molecule has 5 rings (SSSR count). The fourth-order valence-corrected chi connectivity index (χ4v) is 3.95. The third-order valence-corrected chi connectivity index (χ3v) is 5.63. The highest BCUT2D eigenvalue weighted by molar-refractivity contribution is 14.1. The molecule has 2 nitrogen and oxygen atoms in total. The number of piperidine rings is 3. The van der Waals surface area contributed by atoms with E-state index in [0.717, 1.165) is 18.2 Å². The number of ether oxygens (including phenoxy) is 1. The van der Waals surface area contributed by atoms with Gasteiger partial charge in [-0.1, -0.05) is 24.3 Å². The number of hydrogen-bond acceptors (Lipinski definition) is 2. The Morgan fingerprint density at radius 1 is 0.864 bits per heavy atom. The van der Waals surface area contributed by atoms with E-state index in [1.54, 1.807) is 0 Å². The first kappa shape index (κ1) is 14.5. The van der Waals surface area contributed by atoms with Gasteiger partial charge >= 0.3 is 0 Å². The summed E-state index contributed by atoms with van der Waals surface area (Å²) in [6.07, 6.45) is 2.98. The van der Waals surface area contributed by atoms with Gasteiger partial charge in [-0.3, -0.25) is 4.90 Å². The van der Waals surface area contributed by atoms with Crippen LogP contribution in [0.3, 0.4) is 0 Å². The van der Waals surface area contributed by atoms with E-state index < -0.39 is 0 Å². The second kappa shape index (κ2) is 6.20. The Morgan fingerprint density at radius 2 is 1.45 bits per heavy atom. The third kappa shape index (κ3) is 3.01. The molecule has 114 valence electrons. The summed E-state index contributed by atoms with van der Waals surface area (Å²) in [5.41, 5.74) is 2.51. The van der Waals surface area contributed by atoms with Crippen LogP contribution in [0.4, 0.5) is 0 Å². The molecule has 1 atom stereocenters. The second-order valence-electron chi connectivity index (χ2n) is 6.33. The molecular weight excluding hydrogens is 385 g/mol. The first-order valence-corrected chi connectivity index (χ1v) is 9.11. The standard InChI is InChI=1S/C19H20INO/c20-17-5-1-14(2-6-17)15-3-7-18(8-4-15)22-19-13-21-11-9-16(19)10-12-21/h1-8,16,19H,9-13H2/t19-/m0/s1. The van der Waals surface area contributed by atoms with Crippen molar-refractivity contribution >= 4 is 22.6 Å². The molecule has 3 heterocycles. The molecule has 2 aromatic rings. The molecule has 0 amide bonds. The molecule has 2 aromatic carbocycles. The predicted octanol–water partition coefficient (Wildman–Crippen LogP) is 4.43. The van der Waals surface area contributed by atoms with E-state index in [0.29, 0.717) is 6.10 Å². The van der Waals surface area contributed by atoms with Gasteiger partial charge in [-0.2, -0.15) is 0 Å². The van der Waals surface area contributed by atoms with Crippen LogP contribution in [-0.4, -0.2) is 30.6 Å². The van der Waals surface area contributed by atoms with Gasteiger partial charge < -0.3 is 4.74 Å². The van der Waals surface area contributed by atoms with Crippen LogP contribution in [0.25, 0.3) is 11.1 Å². The molecule has 0 aliphatic carbocycles. The third-order valence-electron chi connectivity index (χ3n) is 4.92. The fourth-order valence-electron chi connectivity index (χ4n) is 3.59. The van der Waals surface area contributed by atoms with Crippen molar-refractivity contribution in [3.05, 3.63) is 52.1 Å². The van der Waals surface area contributed by atoms with Crippen molar-refractivity contribution in [2.75, 3.05) is 19.6 Å². The molecule has 22 heavy (non-hydrogen) atoms. The van der Waals surface area contributed by atoms with Gasteiger partial charge in [0, 0.05) is 10.1 Å². The van der Waals surface area contributed by atoms with Gasteiger partial charge in [0.25, 0.3) is 0 Å². The van der Waals surface area contributed by atoms with E-state index in [4.69, 9.17) is 4.74 Å². The van der Waals surface area contributed by atoms with Crippen molar-refractivity contribution in [2.24, 2.45) is 5.92 Å². The number of halogens is 1. The maximum atomic E-state index is 6.26. The van der Waals surface area contributed by atoms with E-state index >= 15 is 0 Å². The zero-order valence-corrected chi connectivity index (χ0v) is 14.7. The summed E-state index contributed by atoms with van der Waals surface area (Å²) in [6.45, 7) is 3.62.